The molecule has 19 heavy (non-hydrogen) atoms. The smallest absolute Gasteiger partial charge is 0.154 e. The average molecular weight is 322 g/mol. The van der Waals surface area contributed by atoms with E-state index in [4.69, 9.17) is 15.2 Å². The van der Waals surface area contributed by atoms with Crippen molar-refractivity contribution >= 4 is 21.6 Å². The molecule has 0 aromatic heterocycles. The lowest BCUT2D eigenvalue weighted by Crippen LogP contribution is -2.00. The Balaban J connectivity index is 2.20. The van der Waals surface area contributed by atoms with Gasteiger partial charge >= 0.3 is 0 Å². The number of nitrogens with two attached hydrogens (primary N) is 1. The fourth-order valence-electron chi connectivity index (χ4n) is 1.61. The molecule has 0 spiro atoms. The second-order valence-electron chi connectivity index (χ2n) is 4.08. The maximum Gasteiger partial charge on any atom is 0.154 e. The van der Waals surface area contributed by atoms with Crippen LogP contribution < -0.4 is 15.2 Å². The van der Waals surface area contributed by atoms with Crippen molar-refractivity contribution in [2.24, 2.45) is 0 Å². The molecule has 0 saturated carbocycles. The molecule has 0 aliphatic rings. The number of ether oxygens (including phenoxy) is 2. The van der Waals surface area contributed by atoms with Gasteiger partial charge < -0.3 is 15.2 Å². The zero-order valence-electron chi connectivity index (χ0n) is 10.7. The van der Waals surface area contributed by atoms with Gasteiger partial charge in [0.05, 0.1) is 6.61 Å². The van der Waals surface area contributed by atoms with Crippen LogP contribution in [0.3, 0.4) is 0 Å². The molecule has 0 aliphatic carbocycles. The Bertz CT molecular complexity index is 558. The number of halogens is 1. The van der Waals surface area contributed by atoms with Crippen LogP contribution in [0.25, 0.3) is 0 Å². The molecule has 100 valence electrons. The number of rotatable bonds is 5. The standard InChI is InChI=1S/C15H16BrNO2/c1-2-9-18-13-7-4-8-14(15(13)17)19-12-6-3-5-11(16)10-12/h3-8,10H,2,9,17H2,1H3. The fraction of sp³-hybridized carbons (Fsp3) is 0.200. The fourth-order valence-corrected chi connectivity index (χ4v) is 1.99. The highest BCUT2D eigenvalue weighted by Gasteiger charge is 2.08. The summed E-state index contributed by atoms with van der Waals surface area (Å²) in [7, 11) is 0. The maximum atomic E-state index is 6.05. The van der Waals surface area contributed by atoms with E-state index in [-0.39, 0.29) is 0 Å². The van der Waals surface area contributed by atoms with Crippen molar-refractivity contribution in [3.8, 4) is 17.2 Å². The van der Waals surface area contributed by atoms with Gasteiger partial charge in [-0.3, -0.25) is 0 Å². The highest BCUT2D eigenvalue weighted by atomic mass is 79.9. The lowest BCUT2D eigenvalue weighted by molar-refractivity contribution is 0.318. The van der Waals surface area contributed by atoms with E-state index in [1.807, 2.05) is 42.5 Å². The highest BCUT2D eigenvalue weighted by Crippen LogP contribution is 2.35. The van der Waals surface area contributed by atoms with Gasteiger partial charge in [-0.25, -0.2) is 0 Å². The lowest BCUT2D eigenvalue weighted by Gasteiger charge is -2.12. The van der Waals surface area contributed by atoms with E-state index in [0.29, 0.717) is 23.8 Å². The van der Waals surface area contributed by atoms with Crippen LogP contribution in [0.5, 0.6) is 17.2 Å². The van der Waals surface area contributed by atoms with E-state index >= 15 is 0 Å². The Kier molecular flexibility index (Phi) is 4.68. The summed E-state index contributed by atoms with van der Waals surface area (Å²) in [6.45, 7) is 2.70. The average Bonchev–Trinajstić information content (AvgIpc) is 2.40. The van der Waals surface area contributed by atoms with Gasteiger partial charge in [-0.05, 0) is 36.8 Å². The summed E-state index contributed by atoms with van der Waals surface area (Å²) in [4.78, 5) is 0. The minimum absolute atomic E-state index is 0.524. The third-order valence-electron chi connectivity index (χ3n) is 2.51. The van der Waals surface area contributed by atoms with Crippen LogP contribution in [-0.2, 0) is 0 Å². The Morgan fingerprint density at radius 2 is 1.84 bits per heavy atom. The van der Waals surface area contributed by atoms with E-state index < -0.39 is 0 Å². The molecule has 0 heterocycles. The molecule has 2 N–H and O–H groups in total. The van der Waals surface area contributed by atoms with E-state index in [2.05, 4.69) is 22.9 Å². The second-order valence-corrected chi connectivity index (χ2v) is 4.99. The van der Waals surface area contributed by atoms with Crippen LogP contribution in [-0.4, -0.2) is 6.61 Å². The highest BCUT2D eigenvalue weighted by molar-refractivity contribution is 9.10. The summed E-state index contributed by atoms with van der Waals surface area (Å²) in [5.74, 6) is 2.00. The number of hydrogen-bond donors (Lipinski definition) is 1. The molecule has 2 aromatic rings. The summed E-state index contributed by atoms with van der Waals surface area (Å²) in [5, 5.41) is 0. The number of hydrogen-bond acceptors (Lipinski definition) is 3. The van der Waals surface area contributed by atoms with Gasteiger partial charge in [0.25, 0.3) is 0 Å². The van der Waals surface area contributed by atoms with Gasteiger partial charge in [-0.15, -0.1) is 0 Å². The van der Waals surface area contributed by atoms with Crippen molar-refractivity contribution in [1.82, 2.24) is 0 Å². The minimum Gasteiger partial charge on any atom is -0.491 e. The van der Waals surface area contributed by atoms with Crippen LogP contribution in [0.2, 0.25) is 0 Å². The summed E-state index contributed by atoms with van der Waals surface area (Å²) < 4.78 is 12.3. The molecule has 0 amide bonds. The van der Waals surface area contributed by atoms with Crippen LogP contribution in [0.1, 0.15) is 13.3 Å². The molecule has 0 aliphatic heterocycles. The Morgan fingerprint density at radius 1 is 1.11 bits per heavy atom. The molecule has 4 heteroatoms. The van der Waals surface area contributed by atoms with Gasteiger partial charge in [-0.2, -0.15) is 0 Å². The van der Waals surface area contributed by atoms with Crippen LogP contribution in [0.15, 0.2) is 46.9 Å². The van der Waals surface area contributed by atoms with E-state index in [1.54, 1.807) is 0 Å². The van der Waals surface area contributed by atoms with Crippen molar-refractivity contribution in [2.75, 3.05) is 12.3 Å². The van der Waals surface area contributed by atoms with Crippen molar-refractivity contribution in [1.29, 1.82) is 0 Å². The van der Waals surface area contributed by atoms with Crippen molar-refractivity contribution in [3.63, 3.8) is 0 Å². The van der Waals surface area contributed by atoms with Gasteiger partial charge in [0, 0.05) is 4.47 Å². The van der Waals surface area contributed by atoms with Crippen LogP contribution >= 0.6 is 15.9 Å². The number of nitrogen functional groups attached to an aromatic ring is 1. The quantitative estimate of drug-likeness (QED) is 0.818. The maximum absolute atomic E-state index is 6.05. The normalized spacial score (nSPS) is 10.2. The van der Waals surface area contributed by atoms with Gasteiger partial charge in [-0.1, -0.05) is 35.0 Å². The Hall–Kier alpha value is -1.68. The molecule has 0 radical (unpaired) electrons. The third-order valence-corrected chi connectivity index (χ3v) is 3.00. The molecule has 2 aromatic carbocycles. The summed E-state index contributed by atoms with van der Waals surface area (Å²) >= 11 is 3.41. The predicted molar refractivity (Wildman–Crippen MR) is 80.9 cm³/mol. The van der Waals surface area contributed by atoms with E-state index in [9.17, 15) is 0 Å². The van der Waals surface area contributed by atoms with Crippen molar-refractivity contribution < 1.29 is 9.47 Å². The summed E-state index contributed by atoms with van der Waals surface area (Å²) in [6.07, 6.45) is 0.941. The lowest BCUT2D eigenvalue weighted by atomic mass is 10.2. The predicted octanol–water partition coefficient (Wildman–Crippen LogP) is 4.61. The first-order valence-corrected chi connectivity index (χ1v) is 6.94. The van der Waals surface area contributed by atoms with Gasteiger partial charge in [0.15, 0.2) is 5.75 Å². The third kappa shape index (κ3) is 3.64. The van der Waals surface area contributed by atoms with Crippen molar-refractivity contribution in [3.05, 3.63) is 46.9 Å². The molecule has 2 rings (SSSR count). The molecule has 3 nitrogen and oxygen atoms in total. The summed E-state index contributed by atoms with van der Waals surface area (Å²) in [6, 6.07) is 13.2. The zero-order chi connectivity index (χ0) is 13.7. The number of benzene rings is 2. The van der Waals surface area contributed by atoms with E-state index in [0.717, 1.165) is 16.6 Å². The van der Waals surface area contributed by atoms with Gasteiger partial charge in [0.2, 0.25) is 0 Å². The molecular weight excluding hydrogens is 306 g/mol. The second kappa shape index (κ2) is 6.48. The SMILES string of the molecule is CCCOc1cccc(Oc2cccc(Br)c2)c1N. The molecule has 0 atom stereocenters. The first kappa shape index (κ1) is 13.7. The summed E-state index contributed by atoms with van der Waals surface area (Å²) in [5.41, 5.74) is 6.57. The van der Waals surface area contributed by atoms with E-state index in [1.165, 1.54) is 0 Å². The van der Waals surface area contributed by atoms with Gasteiger partial charge in [0.1, 0.15) is 17.2 Å². The molecular formula is C15H16BrNO2. The molecule has 0 bridgehead atoms. The zero-order valence-corrected chi connectivity index (χ0v) is 12.3. The van der Waals surface area contributed by atoms with Crippen LogP contribution in [0, 0.1) is 0 Å². The Labute approximate surface area is 121 Å². The largest absolute Gasteiger partial charge is 0.491 e. The van der Waals surface area contributed by atoms with Crippen molar-refractivity contribution in [2.45, 2.75) is 13.3 Å². The molecule has 0 fully saturated rings. The Morgan fingerprint density at radius 3 is 2.58 bits per heavy atom. The molecule has 0 unspecified atom stereocenters. The minimum atomic E-state index is 0.524. The topological polar surface area (TPSA) is 44.5 Å². The first-order chi connectivity index (χ1) is 9.20. The van der Waals surface area contributed by atoms with Crippen LogP contribution in [0.4, 0.5) is 5.69 Å². The number of para-hydroxylation sites is 1. The monoisotopic (exact) mass is 321 g/mol. The number of anilines is 1. The first-order valence-electron chi connectivity index (χ1n) is 6.15. The molecule has 0 saturated heterocycles.